The lowest BCUT2D eigenvalue weighted by Crippen LogP contribution is -2.08. The molecular weight excluding hydrogens is 157 g/mol. The predicted octanol–water partition coefficient (Wildman–Crippen LogP) is 1.09. The Bertz CT molecular complexity index is 237. The summed E-state index contributed by atoms with van der Waals surface area (Å²) in [5.74, 6) is 0. The quantitative estimate of drug-likeness (QED) is 0.739. The van der Waals surface area contributed by atoms with Crippen LogP contribution >= 0.6 is 0 Å². The summed E-state index contributed by atoms with van der Waals surface area (Å²) in [5.41, 5.74) is 6.79. The minimum Gasteiger partial charge on any atom is -0.330 e. The monoisotopic (exact) mass is 171 g/mol. The van der Waals surface area contributed by atoms with Crippen LogP contribution in [0.5, 0.6) is 0 Å². The fourth-order valence-corrected chi connectivity index (χ4v) is 1.29. The number of hydrogen-bond donors (Lipinski definition) is 1. The molecule has 1 rings (SSSR count). The van der Waals surface area contributed by atoms with Gasteiger partial charge in [0.1, 0.15) is 6.17 Å². The van der Waals surface area contributed by atoms with E-state index in [1.54, 1.807) is 17.9 Å². The maximum absolute atomic E-state index is 13.3. The number of rotatable bonds is 3. The molecule has 0 aliphatic carbocycles. The highest BCUT2D eigenvalue weighted by atomic mass is 19.1. The van der Waals surface area contributed by atoms with Gasteiger partial charge in [-0.15, -0.1) is 0 Å². The van der Waals surface area contributed by atoms with Crippen molar-refractivity contribution in [1.82, 2.24) is 9.78 Å². The van der Waals surface area contributed by atoms with Crippen molar-refractivity contribution in [2.24, 2.45) is 12.8 Å². The topological polar surface area (TPSA) is 43.8 Å². The van der Waals surface area contributed by atoms with Gasteiger partial charge in [-0.1, -0.05) is 0 Å². The summed E-state index contributed by atoms with van der Waals surface area (Å²) in [6, 6.07) is 0. The molecule has 4 heteroatoms. The molecule has 0 radical (unpaired) electrons. The van der Waals surface area contributed by atoms with Gasteiger partial charge in [0.05, 0.1) is 11.9 Å². The maximum Gasteiger partial charge on any atom is 0.143 e. The van der Waals surface area contributed by atoms with Gasteiger partial charge < -0.3 is 5.73 Å². The van der Waals surface area contributed by atoms with Crippen LogP contribution in [-0.2, 0) is 7.05 Å². The van der Waals surface area contributed by atoms with Gasteiger partial charge in [-0.3, -0.25) is 4.68 Å². The molecule has 0 amide bonds. The van der Waals surface area contributed by atoms with Crippen LogP contribution in [0.4, 0.5) is 4.39 Å². The fraction of sp³-hybridized carbons (Fsp3) is 0.625. The smallest absolute Gasteiger partial charge is 0.143 e. The molecule has 0 saturated heterocycles. The third-order valence-corrected chi connectivity index (χ3v) is 1.89. The number of aryl methyl sites for hydroxylation is 2. The van der Waals surface area contributed by atoms with Gasteiger partial charge in [0, 0.05) is 7.05 Å². The van der Waals surface area contributed by atoms with Crippen LogP contribution in [0.2, 0.25) is 0 Å². The summed E-state index contributed by atoms with van der Waals surface area (Å²) >= 11 is 0. The highest BCUT2D eigenvalue weighted by molar-refractivity contribution is 5.17. The average Bonchev–Trinajstić information content (AvgIpc) is 2.32. The van der Waals surface area contributed by atoms with Crippen LogP contribution in [0.25, 0.3) is 0 Å². The van der Waals surface area contributed by atoms with Gasteiger partial charge in [-0.05, 0) is 25.5 Å². The Balaban J connectivity index is 2.85. The summed E-state index contributed by atoms with van der Waals surface area (Å²) in [6.07, 6.45) is 1.04. The Hall–Kier alpha value is -0.900. The van der Waals surface area contributed by atoms with E-state index in [4.69, 9.17) is 5.73 Å². The summed E-state index contributed by atoms with van der Waals surface area (Å²) in [7, 11) is 1.74. The zero-order valence-electron chi connectivity index (χ0n) is 7.42. The minimum absolute atomic E-state index is 0.361. The summed E-state index contributed by atoms with van der Waals surface area (Å²) in [6.45, 7) is 2.22. The molecule has 3 nitrogen and oxygen atoms in total. The molecule has 1 heterocycles. The fourth-order valence-electron chi connectivity index (χ4n) is 1.29. The van der Waals surface area contributed by atoms with E-state index in [0.29, 0.717) is 18.7 Å². The van der Waals surface area contributed by atoms with Crippen LogP contribution in [-0.4, -0.2) is 16.3 Å². The van der Waals surface area contributed by atoms with Crippen molar-refractivity contribution in [2.45, 2.75) is 19.5 Å². The number of nitrogens with two attached hydrogens (primary N) is 1. The van der Waals surface area contributed by atoms with Crippen molar-refractivity contribution >= 4 is 0 Å². The lowest BCUT2D eigenvalue weighted by Gasteiger charge is -2.08. The molecular formula is C8H14FN3. The van der Waals surface area contributed by atoms with Crippen LogP contribution in [0.3, 0.4) is 0 Å². The molecule has 0 saturated carbocycles. The summed E-state index contributed by atoms with van der Waals surface area (Å²) < 4.78 is 14.9. The number of alkyl halides is 1. The molecule has 0 bridgehead atoms. The highest BCUT2D eigenvalue weighted by Gasteiger charge is 2.15. The molecule has 0 aliphatic heterocycles. The van der Waals surface area contributed by atoms with Gasteiger partial charge in [0.2, 0.25) is 0 Å². The van der Waals surface area contributed by atoms with E-state index in [1.165, 1.54) is 0 Å². The van der Waals surface area contributed by atoms with Gasteiger partial charge in [0.15, 0.2) is 0 Å². The van der Waals surface area contributed by atoms with Crippen molar-refractivity contribution in [2.75, 3.05) is 6.54 Å². The Labute approximate surface area is 71.4 Å². The van der Waals surface area contributed by atoms with Crippen molar-refractivity contribution in [1.29, 1.82) is 0 Å². The van der Waals surface area contributed by atoms with Crippen molar-refractivity contribution < 1.29 is 4.39 Å². The SMILES string of the molecule is Cc1cnn(C)c1C(F)CCN. The largest absolute Gasteiger partial charge is 0.330 e. The number of hydrogen-bond acceptors (Lipinski definition) is 2. The summed E-state index contributed by atoms with van der Waals surface area (Å²) in [5, 5.41) is 3.96. The Kier molecular flexibility index (Phi) is 2.81. The van der Waals surface area contributed by atoms with Crippen molar-refractivity contribution in [3.05, 3.63) is 17.5 Å². The van der Waals surface area contributed by atoms with Crippen molar-refractivity contribution in [3.8, 4) is 0 Å². The van der Waals surface area contributed by atoms with E-state index in [2.05, 4.69) is 5.10 Å². The van der Waals surface area contributed by atoms with Gasteiger partial charge in [-0.2, -0.15) is 5.10 Å². The van der Waals surface area contributed by atoms with Crippen molar-refractivity contribution in [3.63, 3.8) is 0 Å². The van der Waals surface area contributed by atoms with Gasteiger partial charge in [-0.25, -0.2) is 4.39 Å². The predicted molar refractivity (Wildman–Crippen MR) is 45.5 cm³/mol. The van der Waals surface area contributed by atoms with E-state index in [9.17, 15) is 4.39 Å². The second-order valence-corrected chi connectivity index (χ2v) is 2.88. The van der Waals surface area contributed by atoms with E-state index in [1.807, 2.05) is 6.92 Å². The van der Waals surface area contributed by atoms with E-state index >= 15 is 0 Å². The lowest BCUT2D eigenvalue weighted by atomic mass is 10.1. The molecule has 0 aromatic carbocycles. The third-order valence-electron chi connectivity index (χ3n) is 1.89. The first-order valence-electron chi connectivity index (χ1n) is 3.99. The second-order valence-electron chi connectivity index (χ2n) is 2.88. The van der Waals surface area contributed by atoms with Gasteiger partial charge >= 0.3 is 0 Å². The van der Waals surface area contributed by atoms with Gasteiger partial charge in [0.25, 0.3) is 0 Å². The highest BCUT2D eigenvalue weighted by Crippen LogP contribution is 2.22. The minimum atomic E-state index is -0.984. The molecule has 1 unspecified atom stereocenters. The Morgan fingerprint density at radius 1 is 1.75 bits per heavy atom. The molecule has 1 atom stereocenters. The molecule has 0 spiro atoms. The maximum atomic E-state index is 13.3. The number of nitrogens with zero attached hydrogens (tertiary/aromatic N) is 2. The van der Waals surface area contributed by atoms with Crippen LogP contribution in [0.1, 0.15) is 23.8 Å². The first-order valence-corrected chi connectivity index (χ1v) is 3.99. The normalized spacial score (nSPS) is 13.3. The van der Waals surface area contributed by atoms with Crippen LogP contribution < -0.4 is 5.73 Å². The third kappa shape index (κ3) is 1.64. The molecule has 0 fully saturated rings. The number of aromatic nitrogens is 2. The first-order chi connectivity index (χ1) is 5.66. The van der Waals surface area contributed by atoms with Crippen LogP contribution in [0, 0.1) is 6.92 Å². The molecule has 2 N–H and O–H groups in total. The van der Waals surface area contributed by atoms with E-state index < -0.39 is 6.17 Å². The Morgan fingerprint density at radius 3 is 2.83 bits per heavy atom. The second kappa shape index (κ2) is 3.67. The average molecular weight is 171 g/mol. The number of halogens is 1. The lowest BCUT2D eigenvalue weighted by molar-refractivity contribution is 0.309. The molecule has 68 valence electrons. The van der Waals surface area contributed by atoms with E-state index in [0.717, 1.165) is 5.56 Å². The molecule has 1 aromatic rings. The van der Waals surface area contributed by atoms with E-state index in [-0.39, 0.29) is 0 Å². The van der Waals surface area contributed by atoms with Crippen LogP contribution in [0.15, 0.2) is 6.20 Å². The molecule has 0 aliphatic rings. The molecule has 1 aromatic heterocycles. The molecule has 12 heavy (non-hydrogen) atoms. The Morgan fingerprint density at radius 2 is 2.42 bits per heavy atom. The standard InChI is InChI=1S/C8H14FN3/c1-6-5-11-12(2)8(6)7(9)3-4-10/h5,7H,3-4,10H2,1-2H3. The summed E-state index contributed by atoms with van der Waals surface area (Å²) in [4.78, 5) is 0. The first kappa shape index (κ1) is 9.19. The zero-order chi connectivity index (χ0) is 9.14. The zero-order valence-corrected chi connectivity index (χ0v) is 7.42.